The fraction of sp³-hybridized carbons (Fsp3) is 0.182. The molecule has 76 valence electrons. The standard InChI is InChI=1S/C11H10N2OS/c1-8-2-3-11(15-8)10(14)6-9-7-12-4-5-13-9/h2-5,7H,6H2,1H3. The van der Waals surface area contributed by atoms with E-state index in [1.54, 1.807) is 18.6 Å². The number of carbonyl (C=O) groups excluding carboxylic acids is 1. The molecule has 0 fully saturated rings. The molecule has 0 radical (unpaired) electrons. The van der Waals surface area contributed by atoms with Crippen molar-refractivity contribution in [2.24, 2.45) is 0 Å². The van der Waals surface area contributed by atoms with Crippen molar-refractivity contribution >= 4 is 17.1 Å². The van der Waals surface area contributed by atoms with Gasteiger partial charge in [-0.2, -0.15) is 0 Å². The minimum Gasteiger partial charge on any atom is -0.293 e. The number of aryl methyl sites for hydroxylation is 1. The number of aromatic nitrogens is 2. The molecule has 2 heterocycles. The summed E-state index contributed by atoms with van der Waals surface area (Å²) in [6.07, 6.45) is 5.15. The molecule has 2 aromatic heterocycles. The van der Waals surface area contributed by atoms with Crippen molar-refractivity contribution in [3.63, 3.8) is 0 Å². The molecule has 15 heavy (non-hydrogen) atoms. The first-order chi connectivity index (χ1) is 7.25. The Morgan fingerprint density at radius 1 is 1.40 bits per heavy atom. The molecule has 2 rings (SSSR count). The average molecular weight is 218 g/mol. The molecule has 0 aliphatic heterocycles. The molecular weight excluding hydrogens is 208 g/mol. The topological polar surface area (TPSA) is 42.9 Å². The zero-order chi connectivity index (χ0) is 10.7. The fourth-order valence-corrected chi connectivity index (χ4v) is 2.06. The van der Waals surface area contributed by atoms with Gasteiger partial charge < -0.3 is 0 Å². The maximum atomic E-state index is 11.8. The van der Waals surface area contributed by atoms with Crippen molar-refractivity contribution < 1.29 is 4.79 Å². The number of hydrogen-bond acceptors (Lipinski definition) is 4. The highest BCUT2D eigenvalue weighted by molar-refractivity contribution is 7.14. The highest BCUT2D eigenvalue weighted by Crippen LogP contribution is 2.16. The molecule has 0 aliphatic carbocycles. The fourth-order valence-electron chi connectivity index (χ4n) is 1.26. The minimum atomic E-state index is 0.105. The first kappa shape index (κ1) is 9.98. The number of Topliss-reactive ketones (excluding diaryl/α,β-unsaturated/α-hetero) is 1. The molecule has 0 N–H and O–H groups in total. The highest BCUT2D eigenvalue weighted by Gasteiger charge is 2.09. The van der Waals surface area contributed by atoms with Crippen LogP contribution in [0.2, 0.25) is 0 Å². The molecule has 0 saturated carbocycles. The Morgan fingerprint density at radius 2 is 2.27 bits per heavy atom. The molecule has 0 bridgehead atoms. The van der Waals surface area contributed by atoms with E-state index in [2.05, 4.69) is 9.97 Å². The summed E-state index contributed by atoms with van der Waals surface area (Å²) in [5, 5.41) is 0. The van der Waals surface area contributed by atoms with E-state index < -0.39 is 0 Å². The Morgan fingerprint density at radius 3 is 2.87 bits per heavy atom. The van der Waals surface area contributed by atoms with Crippen LogP contribution in [0.3, 0.4) is 0 Å². The molecule has 0 aromatic carbocycles. The van der Waals surface area contributed by atoms with E-state index in [4.69, 9.17) is 0 Å². The molecule has 2 aromatic rings. The number of rotatable bonds is 3. The largest absolute Gasteiger partial charge is 0.293 e. The number of thiophene rings is 1. The predicted octanol–water partition coefficient (Wildman–Crippen LogP) is 2.27. The quantitative estimate of drug-likeness (QED) is 0.742. The van der Waals surface area contributed by atoms with Crippen LogP contribution in [0.4, 0.5) is 0 Å². The van der Waals surface area contributed by atoms with Crippen LogP contribution in [0.15, 0.2) is 30.7 Å². The molecule has 0 aliphatic rings. The highest BCUT2D eigenvalue weighted by atomic mass is 32.1. The maximum Gasteiger partial charge on any atom is 0.178 e. The van der Waals surface area contributed by atoms with Crippen molar-refractivity contribution in [2.45, 2.75) is 13.3 Å². The molecule has 4 heteroatoms. The van der Waals surface area contributed by atoms with Gasteiger partial charge in [0.05, 0.1) is 17.0 Å². The van der Waals surface area contributed by atoms with Gasteiger partial charge in [-0.05, 0) is 19.1 Å². The molecule has 3 nitrogen and oxygen atoms in total. The lowest BCUT2D eigenvalue weighted by Crippen LogP contribution is -2.03. The van der Waals surface area contributed by atoms with Crippen molar-refractivity contribution in [1.82, 2.24) is 9.97 Å². The normalized spacial score (nSPS) is 10.2. The van der Waals surface area contributed by atoms with Crippen LogP contribution >= 0.6 is 11.3 Å². The first-order valence-corrected chi connectivity index (χ1v) is 5.42. The Kier molecular flexibility index (Phi) is 2.87. The van der Waals surface area contributed by atoms with Gasteiger partial charge in [-0.25, -0.2) is 0 Å². The maximum absolute atomic E-state index is 11.8. The Bertz CT molecular complexity index is 464. The second-order valence-electron chi connectivity index (χ2n) is 3.21. The lowest BCUT2D eigenvalue weighted by atomic mass is 10.2. The summed E-state index contributed by atoms with van der Waals surface area (Å²) in [5.74, 6) is 0.105. The van der Waals surface area contributed by atoms with Gasteiger partial charge in [-0.1, -0.05) is 0 Å². The third kappa shape index (κ3) is 2.47. The molecule has 0 spiro atoms. The lowest BCUT2D eigenvalue weighted by Gasteiger charge is -1.96. The van der Waals surface area contributed by atoms with Gasteiger partial charge in [0.1, 0.15) is 0 Å². The molecule has 0 unspecified atom stereocenters. The third-order valence-corrected chi connectivity index (χ3v) is 3.02. The lowest BCUT2D eigenvalue weighted by molar-refractivity contribution is 0.0995. The van der Waals surface area contributed by atoms with Crippen molar-refractivity contribution in [3.8, 4) is 0 Å². The van der Waals surface area contributed by atoms with Crippen LogP contribution < -0.4 is 0 Å². The number of ketones is 1. The van der Waals surface area contributed by atoms with E-state index in [1.165, 1.54) is 11.3 Å². The molecular formula is C11H10N2OS. The zero-order valence-electron chi connectivity index (χ0n) is 8.30. The van der Waals surface area contributed by atoms with E-state index >= 15 is 0 Å². The van der Waals surface area contributed by atoms with Crippen LogP contribution in [0.5, 0.6) is 0 Å². The van der Waals surface area contributed by atoms with Crippen molar-refractivity contribution in [3.05, 3.63) is 46.2 Å². The van der Waals surface area contributed by atoms with Crippen LogP contribution in [-0.2, 0) is 6.42 Å². The first-order valence-electron chi connectivity index (χ1n) is 4.60. The summed E-state index contributed by atoms with van der Waals surface area (Å²) in [6, 6.07) is 3.81. The van der Waals surface area contributed by atoms with Gasteiger partial charge in [0.25, 0.3) is 0 Å². The SMILES string of the molecule is Cc1ccc(C(=O)Cc2cnccn2)s1. The van der Waals surface area contributed by atoms with Crippen LogP contribution in [-0.4, -0.2) is 15.8 Å². The van der Waals surface area contributed by atoms with E-state index in [-0.39, 0.29) is 5.78 Å². The Hall–Kier alpha value is -1.55. The summed E-state index contributed by atoms with van der Waals surface area (Å²) >= 11 is 1.52. The smallest absolute Gasteiger partial charge is 0.178 e. The predicted molar refractivity (Wildman–Crippen MR) is 59.1 cm³/mol. The van der Waals surface area contributed by atoms with Gasteiger partial charge in [0.15, 0.2) is 5.78 Å². The molecule has 0 amide bonds. The van der Waals surface area contributed by atoms with Crippen molar-refractivity contribution in [1.29, 1.82) is 0 Å². The monoisotopic (exact) mass is 218 g/mol. The number of hydrogen-bond donors (Lipinski definition) is 0. The van der Waals surface area contributed by atoms with E-state index in [9.17, 15) is 4.79 Å². The minimum absolute atomic E-state index is 0.105. The van der Waals surface area contributed by atoms with Gasteiger partial charge in [-0.3, -0.25) is 14.8 Å². The Labute approximate surface area is 91.8 Å². The Balaban J connectivity index is 2.11. The second kappa shape index (κ2) is 4.31. The summed E-state index contributed by atoms with van der Waals surface area (Å²) < 4.78 is 0. The average Bonchev–Trinajstić information content (AvgIpc) is 2.66. The van der Waals surface area contributed by atoms with Gasteiger partial charge in [0, 0.05) is 23.5 Å². The summed E-state index contributed by atoms with van der Waals surface area (Å²) in [5.41, 5.74) is 0.716. The van der Waals surface area contributed by atoms with E-state index in [0.29, 0.717) is 12.1 Å². The van der Waals surface area contributed by atoms with E-state index in [1.807, 2.05) is 19.1 Å². The van der Waals surface area contributed by atoms with Crippen molar-refractivity contribution in [2.75, 3.05) is 0 Å². The van der Waals surface area contributed by atoms with Crippen LogP contribution in [0, 0.1) is 6.92 Å². The summed E-state index contributed by atoms with van der Waals surface area (Å²) in [7, 11) is 0. The van der Waals surface area contributed by atoms with Gasteiger partial charge in [-0.15, -0.1) is 11.3 Å². The molecule has 0 saturated heterocycles. The van der Waals surface area contributed by atoms with Gasteiger partial charge in [0.2, 0.25) is 0 Å². The second-order valence-corrected chi connectivity index (χ2v) is 4.49. The molecule has 0 atom stereocenters. The van der Waals surface area contributed by atoms with Gasteiger partial charge >= 0.3 is 0 Å². The third-order valence-electron chi connectivity index (χ3n) is 1.97. The number of nitrogens with zero attached hydrogens (tertiary/aromatic N) is 2. The summed E-state index contributed by atoms with van der Waals surface area (Å²) in [4.78, 5) is 21.7. The van der Waals surface area contributed by atoms with Crippen LogP contribution in [0.1, 0.15) is 20.2 Å². The summed E-state index contributed by atoms with van der Waals surface area (Å²) in [6.45, 7) is 1.99. The zero-order valence-corrected chi connectivity index (χ0v) is 9.12. The van der Waals surface area contributed by atoms with E-state index in [0.717, 1.165) is 9.75 Å². The van der Waals surface area contributed by atoms with Crippen LogP contribution in [0.25, 0.3) is 0 Å². The number of carbonyl (C=O) groups is 1.